The van der Waals surface area contributed by atoms with E-state index in [9.17, 15) is 9.59 Å². The lowest BCUT2D eigenvalue weighted by molar-refractivity contribution is -0.120. The van der Waals surface area contributed by atoms with Gasteiger partial charge in [-0.25, -0.2) is 0 Å². The summed E-state index contributed by atoms with van der Waals surface area (Å²) in [5, 5.41) is 5.98. The van der Waals surface area contributed by atoms with Gasteiger partial charge in [0.25, 0.3) is 0 Å². The van der Waals surface area contributed by atoms with Gasteiger partial charge in [-0.1, -0.05) is 37.0 Å². The standard InChI is InChI=1S/C23H28N2O2S/c1-16-8-13-21(17(2)14-16)25-22(26)15-28-20-11-9-19(10-12-20)24-23(27)18-6-4-3-5-7-18/h8-14,18H,3-7,15H2,1-2H3,(H,24,27)(H,25,26). The van der Waals surface area contributed by atoms with Crippen LogP contribution in [0.15, 0.2) is 47.4 Å². The van der Waals surface area contributed by atoms with Crippen molar-refractivity contribution in [2.75, 3.05) is 16.4 Å². The molecule has 1 aliphatic rings. The molecule has 2 N–H and O–H groups in total. The lowest BCUT2D eigenvalue weighted by atomic mass is 9.88. The number of rotatable bonds is 6. The molecule has 0 aliphatic heterocycles. The Bertz CT molecular complexity index is 827. The Labute approximate surface area is 171 Å². The first kappa shape index (κ1) is 20.5. The highest BCUT2D eigenvalue weighted by Crippen LogP contribution is 2.26. The minimum absolute atomic E-state index is 0.0216. The number of hydrogen-bond acceptors (Lipinski definition) is 3. The quantitative estimate of drug-likeness (QED) is 0.629. The fraction of sp³-hybridized carbons (Fsp3) is 0.391. The van der Waals surface area contributed by atoms with Crippen molar-refractivity contribution in [2.45, 2.75) is 50.8 Å². The molecule has 0 spiro atoms. The smallest absolute Gasteiger partial charge is 0.234 e. The zero-order valence-electron chi connectivity index (χ0n) is 16.6. The van der Waals surface area contributed by atoms with Crippen LogP contribution in [0.1, 0.15) is 43.2 Å². The third kappa shape index (κ3) is 5.86. The van der Waals surface area contributed by atoms with Gasteiger partial charge in [0.2, 0.25) is 11.8 Å². The summed E-state index contributed by atoms with van der Waals surface area (Å²) in [7, 11) is 0. The highest BCUT2D eigenvalue weighted by Gasteiger charge is 2.20. The molecule has 0 aromatic heterocycles. The Morgan fingerprint density at radius 3 is 2.36 bits per heavy atom. The summed E-state index contributed by atoms with van der Waals surface area (Å²) in [4.78, 5) is 25.5. The minimum Gasteiger partial charge on any atom is -0.326 e. The van der Waals surface area contributed by atoms with Crippen LogP contribution in [-0.4, -0.2) is 17.6 Å². The Morgan fingerprint density at radius 1 is 0.964 bits per heavy atom. The lowest BCUT2D eigenvalue weighted by Crippen LogP contribution is -2.24. The van der Waals surface area contributed by atoms with Gasteiger partial charge in [0.05, 0.1) is 5.75 Å². The van der Waals surface area contributed by atoms with Gasteiger partial charge in [0.15, 0.2) is 0 Å². The molecule has 1 saturated carbocycles. The first-order chi connectivity index (χ1) is 13.5. The topological polar surface area (TPSA) is 58.2 Å². The number of benzene rings is 2. The largest absolute Gasteiger partial charge is 0.326 e. The number of amides is 2. The monoisotopic (exact) mass is 396 g/mol. The zero-order chi connectivity index (χ0) is 19.9. The van der Waals surface area contributed by atoms with Crippen LogP contribution in [0.3, 0.4) is 0 Å². The van der Waals surface area contributed by atoms with Crippen LogP contribution in [-0.2, 0) is 9.59 Å². The van der Waals surface area contributed by atoms with E-state index >= 15 is 0 Å². The third-order valence-electron chi connectivity index (χ3n) is 5.12. The number of carbonyl (C=O) groups is 2. The van der Waals surface area contributed by atoms with Gasteiger partial charge in [0.1, 0.15) is 0 Å². The number of nitrogens with one attached hydrogen (secondary N) is 2. The van der Waals surface area contributed by atoms with Crippen molar-refractivity contribution in [2.24, 2.45) is 5.92 Å². The van der Waals surface area contributed by atoms with Crippen LogP contribution in [0.5, 0.6) is 0 Å². The summed E-state index contributed by atoms with van der Waals surface area (Å²) in [6.45, 7) is 4.03. The first-order valence-electron chi connectivity index (χ1n) is 9.92. The molecule has 1 fully saturated rings. The van der Waals surface area contributed by atoms with Crippen LogP contribution in [0.25, 0.3) is 0 Å². The molecule has 2 amide bonds. The molecule has 4 nitrogen and oxygen atoms in total. The van der Waals surface area contributed by atoms with E-state index in [4.69, 9.17) is 0 Å². The minimum atomic E-state index is -0.0216. The summed E-state index contributed by atoms with van der Waals surface area (Å²) in [5.41, 5.74) is 3.92. The summed E-state index contributed by atoms with van der Waals surface area (Å²) in [5.74, 6) is 0.609. The fourth-order valence-electron chi connectivity index (χ4n) is 3.53. The van der Waals surface area contributed by atoms with Crippen molar-refractivity contribution in [1.29, 1.82) is 0 Å². The summed E-state index contributed by atoms with van der Waals surface area (Å²) < 4.78 is 0. The second-order valence-electron chi connectivity index (χ2n) is 7.50. The van der Waals surface area contributed by atoms with Crippen molar-refractivity contribution in [3.8, 4) is 0 Å². The van der Waals surface area contributed by atoms with E-state index in [0.717, 1.165) is 47.5 Å². The maximum absolute atomic E-state index is 12.3. The predicted molar refractivity (Wildman–Crippen MR) is 117 cm³/mol. The van der Waals surface area contributed by atoms with Gasteiger partial charge >= 0.3 is 0 Å². The molecule has 0 heterocycles. The van der Waals surface area contributed by atoms with Crippen LogP contribution in [0.4, 0.5) is 11.4 Å². The molecular formula is C23H28N2O2S. The van der Waals surface area contributed by atoms with E-state index in [0.29, 0.717) is 5.75 Å². The molecule has 0 radical (unpaired) electrons. The van der Waals surface area contributed by atoms with Gasteiger partial charge in [-0.3, -0.25) is 9.59 Å². The van der Waals surface area contributed by atoms with Gasteiger partial charge < -0.3 is 10.6 Å². The fourth-order valence-corrected chi connectivity index (χ4v) is 4.23. The molecule has 148 valence electrons. The average Bonchev–Trinajstić information content (AvgIpc) is 2.70. The average molecular weight is 397 g/mol. The first-order valence-corrected chi connectivity index (χ1v) is 10.9. The highest BCUT2D eigenvalue weighted by atomic mass is 32.2. The van der Waals surface area contributed by atoms with E-state index < -0.39 is 0 Å². The normalized spacial score (nSPS) is 14.5. The molecule has 28 heavy (non-hydrogen) atoms. The molecule has 0 bridgehead atoms. The molecule has 1 aliphatic carbocycles. The van der Waals surface area contributed by atoms with Crippen molar-refractivity contribution in [3.63, 3.8) is 0 Å². The molecule has 0 atom stereocenters. The molecule has 3 rings (SSSR count). The molecule has 0 unspecified atom stereocenters. The Kier molecular flexibility index (Phi) is 7.15. The van der Waals surface area contributed by atoms with Crippen molar-refractivity contribution < 1.29 is 9.59 Å². The molecular weight excluding hydrogens is 368 g/mol. The molecule has 5 heteroatoms. The van der Waals surface area contributed by atoms with E-state index in [1.54, 1.807) is 0 Å². The number of aryl methyl sites for hydroxylation is 2. The van der Waals surface area contributed by atoms with E-state index in [1.807, 2.05) is 50.2 Å². The summed E-state index contributed by atoms with van der Waals surface area (Å²) in [6, 6.07) is 13.7. The SMILES string of the molecule is Cc1ccc(NC(=O)CSc2ccc(NC(=O)C3CCCCC3)cc2)c(C)c1. The summed E-state index contributed by atoms with van der Waals surface area (Å²) in [6.07, 6.45) is 5.53. The van der Waals surface area contributed by atoms with E-state index in [2.05, 4.69) is 16.7 Å². The number of anilines is 2. The highest BCUT2D eigenvalue weighted by molar-refractivity contribution is 8.00. The lowest BCUT2D eigenvalue weighted by Gasteiger charge is -2.20. The molecule has 0 saturated heterocycles. The van der Waals surface area contributed by atoms with Gasteiger partial charge in [-0.2, -0.15) is 0 Å². The summed E-state index contributed by atoms with van der Waals surface area (Å²) >= 11 is 1.49. The van der Waals surface area contributed by atoms with Crippen molar-refractivity contribution in [3.05, 3.63) is 53.6 Å². The molecule has 2 aromatic rings. The number of hydrogen-bond donors (Lipinski definition) is 2. The van der Waals surface area contributed by atoms with E-state index in [-0.39, 0.29) is 17.7 Å². The second-order valence-corrected chi connectivity index (χ2v) is 8.55. The third-order valence-corrected chi connectivity index (χ3v) is 6.14. The predicted octanol–water partition coefficient (Wildman–Crippen LogP) is 5.55. The van der Waals surface area contributed by atoms with Crippen LogP contribution in [0, 0.1) is 19.8 Å². The zero-order valence-corrected chi connectivity index (χ0v) is 17.4. The van der Waals surface area contributed by atoms with Gasteiger partial charge in [-0.05, 0) is 62.6 Å². The number of carbonyl (C=O) groups excluding carboxylic acids is 2. The molecule has 2 aromatic carbocycles. The Balaban J connectivity index is 1.47. The Hall–Kier alpha value is -2.27. The van der Waals surface area contributed by atoms with Gasteiger partial charge in [0, 0.05) is 22.2 Å². The van der Waals surface area contributed by atoms with Crippen molar-refractivity contribution in [1.82, 2.24) is 0 Å². The second kappa shape index (κ2) is 9.78. The number of thioether (sulfide) groups is 1. The van der Waals surface area contributed by atoms with Gasteiger partial charge in [-0.15, -0.1) is 11.8 Å². The Morgan fingerprint density at radius 2 is 1.68 bits per heavy atom. The van der Waals surface area contributed by atoms with Crippen LogP contribution in [0.2, 0.25) is 0 Å². The van der Waals surface area contributed by atoms with E-state index in [1.165, 1.54) is 23.7 Å². The maximum atomic E-state index is 12.3. The van der Waals surface area contributed by atoms with Crippen molar-refractivity contribution >= 4 is 35.0 Å². The maximum Gasteiger partial charge on any atom is 0.234 e. The van der Waals surface area contributed by atoms with Crippen LogP contribution >= 0.6 is 11.8 Å². The van der Waals surface area contributed by atoms with Crippen LogP contribution < -0.4 is 10.6 Å².